The fraction of sp³-hybridized carbons (Fsp3) is 0.300. The van der Waals surface area contributed by atoms with E-state index in [4.69, 9.17) is 0 Å². The minimum Gasteiger partial charge on any atom is -0.481 e. The number of nitrogens with one attached hydrogen (secondary N) is 4. The second-order valence-corrected chi connectivity index (χ2v) is 9.90. The van der Waals surface area contributed by atoms with Gasteiger partial charge in [0.15, 0.2) is 0 Å². The Morgan fingerprint density at radius 2 is 1.24 bits per heavy atom. The van der Waals surface area contributed by atoms with Gasteiger partial charge in [-0.15, -0.1) is 0 Å². The average molecular weight is 569 g/mol. The van der Waals surface area contributed by atoms with Gasteiger partial charge >= 0.3 is 24.2 Å². The number of benzene rings is 3. The molecule has 2 unspecified atom stereocenters. The highest BCUT2D eigenvalue weighted by Crippen LogP contribution is 2.31. The Bertz CT molecular complexity index is 1320. The summed E-state index contributed by atoms with van der Waals surface area (Å²) >= 11 is 0. The van der Waals surface area contributed by atoms with Crippen molar-refractivity contribution in [2.24, 2.45) is 5.92 Å². The lowest BCUT2D eigenvalue weighted by atomic mass is 9.84. The van der Waals surface area contributed by atoms with Gasteiger partial charge in [-0.2, -0.15) is 13.2 Å². The van der Waals surface area contributed by atoms with Crippen LogP contribution in [-0.4, -0.2) is 29.2 Å². The van der Waals surface area contributed by atoms with Crippen molar-refractivity contribution < 1.29 is 32.7 Å². The Kier molecular flexibility index (Phi) is 9.49. The van der Waals surface area contributed by atoms with Gasteiger partial charge in [0.2, 0.25) is 0 Å². The third-order valence-electron chi connectivity index (χ3n) is 7.09. The van der Waals surface area contributed by atoms with Gasteiger partial charge in [0.05, 0.1) is 23.6 Å². The first-order valence-electron chi connectivity index (χ1n) is 13.3. The zero-order valence-electron chi connectivity index (χ0n) is 22.0. The summed E-state index contributed by atoms with van der Waals surface area (Å²) in [6.45, 7) is 0. The molecule has 4 atom stereocenters. The molecule has 0 aliphatic heterocycles. The first-order chi connectivity index (χ1) is 19.6. The Balaban J connectivity index is 1.57. The number of amides is 4. The van der Waals surface area contributed by atoms with E-state index in [2.05, 4.69) is 21.3 Å². The van der Waals surface area contributed by atoms with Gasteiger partial charge in [0, 0.05) is 11.7 Å². The fourth-order valence-electron chi connectivity index (χ4n) is 5.04. The number of carboxylic acid groups (broad SMARTS) is 1. The van der Waals surface area contributed by atoms with Gasteiger partial charge in [-0.3, -0.25) is 4.79 Å². The van der Waals surface area contributed by atoms with Crippen LogP contribution in [0.4, 0.5) is 28.4 Å². The smallest absolute Gasteiger partial charge is 0.416 e. The van der Waals surface area contributed by atoms with Crippen LogP contribution in [0, 0.1) is 5.92 Å². The molecule has 0 heterocycles. The van der Waals surface area contributed by atoms with Crippen LogP contribution in [0.5, 0.6) is 0 Å². The van der Waals surface area contributed by atoms with Crippen LogP contribution in [0.2, 0.25) is 0 Å². The number of alkyl halides is 3. The lowest BCUT2D eigenvalue weighted by molar-refractivity contribution is -0.143. The predicted molar refractivity (Wildman–Crippen MR) is 147 cm³/mol. The molecule has 1 aliphatic rings. The Hall–Kier alpha value is -4.54. The predicted octanol–water partition coefficient (Wildman–Crippen LogP) is 6.25. The van der Waals surface area contributed by atoms with E-state index in [1.807, 2.05) is 6.07 Å². The van der Waals surface area contributed by atoms with Crippen molar-refractivity contribution in [2.75, 3.05) is 5.32 Å². The lowest BCUT2D eigenvalue weighted by Crippen LogP contribution is -2.51. The number of halogens is 3. The maximum absolute atomic E-state index is 13.3. The fourth-order valence-corrected chi connectivity index (χ4v) is 5.04. The van der Waals surface area contributed by atoms with Crippen LogP contribution >= 0.6 is 0 Å². The van der Waals surface area contributed by atoms with E-state index in [0.717, 1.165) is 37.1 Å². The number of hydrogen-bond donors (Lipinski definition) is 5. The number of aliphatic carboxylic acids is 1. The topological polar surface area (TPSA) is 120 Å². The molecule has 0 aromatic heterocycles. The molecular weight excluding hydrogens is 537 g/mol. The number of carbonyl (C=O) groups is 3. The van der Waals surface area contributed by atoms with Crippen molar-refractivity contribution in [3.8, 4) is 0 Å². The molecule has 1 saturated carbocycles. The molecule has 3 aromatic rings. The first-order valence-corrected chi connectivity index (χ1v) is 13.3. The number of carboxylic acids is 1. The van der Waals surface area contributed by atoms with Crippen molar-refractivity contribution in [1.82, 2.24) is 16.0 Å². The Labute approximate surface area is 235 Å². The van der Waals surface area contributed by atoms with Crippen LogP contribution in [0.3, 0.4) is 0 Å². The normalized spacial score (nSPS) is 18.4. The minimum atomic E-state index is -4.50. The van der Waals surface area contributed by atoms with Gasteiger partial charge in [-0.25, -0.2) is 9.59 Å². The van der Waals surface area contributed by atoms with Crippen LogP contribution < -0.4 is 21.3 Å². The molecule has 4 amide bonds. The minimum absolute atomic E-state index is 0.154. The van der Waals surface area contributed by atoms with E-state index in [1.165, 1.54) is 0 Å². The van der Waals surface area contributed by atoms with E-state index in [-0.39, 0.29) is 5.69 Å². The van der Waals surface area contributed by atoms with E-state index in [1.54, 1.807) is 54.6 Å². The summed E-state index contributed by atoms with van der Waals surface area (Å²) in [6, 6.07) is 18.5. The highest BCUT2D eigenvalue weighted by molar-refractivity contribution is 5.89. The van der Waals surface area contributed by atoms with Crippen LogP contribution in [0.25, 0.3) is 0 Å². The van der Waals surface area contributed by atoms with Gasteiger partial charge < -0.3 is 26.4 Å². The number of hydrogen-bond acceptors (Lipinski definition) is 3. The summed E-state index contributed by atoms with van der Waals surface area (Å²) in [5, 5.41) is 20.8. The Morgan fingerprint density at radius 3 is 1.76 bits per heavy atom. The monoisotopic (exact) mass is 568 g/mol. The molecule has 1 fully saturated rings. The lowest BCUT2D eigenvalue weighted by Gasteiger charge is -2.33. The molecule has 0 radical (unpaired) electrons. The second-order valence-electron chi connectivity index (χ2n) is 9.90. The quantitative estimate of drug-likeness (QED) is 0.221. The molecule has 216 valence electrons. The van der Waals surface area contributed by atoms with E-state index in [9.17, 15) is 32.7 Å². The van der Waals surface area contributed by atoms with Crippen molar-refractivity contribution >= 4 is 23.7 Å². The van der Waals surface area contributed by atoms with Crippen molar-refractivity contribution in [2.45, 2.75) is 50.0 Å². The van der Waals surface area contributed by atoms with E-state index >= 15 is 0 Å². The van der Waals surface area contributed by atoms with Crippen molar-refractivity contribution in [3.63, 3.8) is 0 Å². The highest BCUT2D eigenvalue weighted by Gasteiger charge is 2.34. The largest absolute Gasteiger partial charge is 0.481 e. The van der Waals surface area contributed by atoms with Crippen LogP contribution in [0.15, 0.2) is 84.9 Å². The van der Waals surface area contributed by atoms with E-state index in [0.29, 0.717) is 24.0 Å². The third kappa shape index (κ3) is 8.00. The molecule has 0 bridgehead atoms. The first kappa shape index (κ1) is 29.4. The molecule has 3 aromatic carbocycles. The van der Waals surface area contributed by atoms with Gasteiger partial charge in [0.1, 0.15) is 0 Å². The number of carbonyl (C=O) groups excluding carboxylic acids is 2. The zero-order chi connectivity index (χ0) is 29.4. The molecule has 4 rings (SSSR count). The maximum Gasteiger partial charge on any atom is 0.416 e. The SMILES string of the molecule is O=C(Nc1ccc(C(F)(F)F)cc1)N[C@@H](c1ccccc1)[C@@H](NC(=O)NC1CCCCC1C(=O)O)c1ccccc1. The summed E-state index contributed by atoms with van der Waals surface area (Å²) in [7, 11) is 0. The highest BCUT2D eigenvalue weighted by atomic mass is 19.4. The summed E-state index contributed by atoms with van der Waals surface area (Å²) in [5.41, 5.74) is 0.643. The number of rotatable bonds is 8. The second kappa shape index (κ2) is 13.2. The molecule has 1 aliphatic carbocycles. The number of anilines is 1. The molecule has 0 spiro atoms. The van der Waals surface area contributed by atoms with Crippen molar-refractivity contribution in [3.05, 3.63) is 102 Å². The Morgan fingerprint density at radius 1 is 0.732 bits per heavy atom. The van der Waals surface area contributed by atoms with E-state index < -0.39 is 53.8 Å². The zero-order valence-corrected chi connectivity index (χ0v) is 22.0. The van der Waals surface area contributed by atoms with Crippen LogP contribution in [0.1, 0.15) is 54.5 Å². The number of urea groups is 2. The van der Waals surface area contributed by atoms with Gasteiger partial charge in [-0.1, -0.05) is 73.5 Å². The summed E-state index contributed by atoms with van der Waals surface area (Å²) in [4.78, 5) is 38.1. The molecule has 8 nitrogen and oxygen atoms in total. The summed E-state index contributed by atoms with van der Waals surface area (Å²) < 4.78 is 38.8. The third-order valence-corrected chi connectivity index (χ3v) is 7.09. The molecule has 0 saturated heterocycles. The van der Waals surface area contributed by atoms with Gasteiger partial charge in [0.25, 0.3) is 0 Å². The van der Waals surface area contributed by atoms with Crippen molar-refractivity contribution in [1.29, 1.82) is 0 Å². The molecular formula is C30H31F3N4O4. The van der Waals surface area contributed by atoms with Crippen LogP contribution in [-0.2, 0) is 11.0 Å². The standard InChI is InChI=1S/C30H31F3N4O4/c31-30(32,33)21-15-17-22(18-16-21)34-28(40)36-25(19-9-3-1-4-10-19)26(20-11-5-2-6-12-20)37-29(41)35-24-14-8-7-13-23(24)27(38)39/h1-6,9-12,15-18,23-26H,7-8,13-14H2,(H,38,39)(H2,34,36,40)(H2,35,37,41)/t23?,24?,25-,26-/m0/s1. The molecule has 11 heteroatoms. The molecule has 41 heavy (non-hydrogen) atoms. The summed E-state index contributed by atoms with van der Waals surface area (Å²) in [6.07, 6.45) is -1.92. The summed E-state index contributed by atoms with van der Waals surface area (Å²) in [5.74, 6) is -1.65. The molecule has 5 N–H and O–H groups in total. The average Bonchev–Trinajstić information content (AvgIpc) is 2.96. The van der Waals surface area contributed by atoms with Gasteiger partial charge in [-0.05, 0) is 48.2 Å². The maximum atomic E-state index is 13.3.